The highest BCUT2D eigenvalue weighted by molar-refractivity contribution is 5.97. The average Bonchev–Trinajstić information content (AvgIpc) is 2.49. The molecule has 1 amide bonds. The molecule has 0 aliphatic carbocycles. The van der Waals surface area contributed by atoms with E-state index in [1.54, 1.807) is 12.1 Å². The van der Waals surface area contributed by atoms with Gasteiger partial charge in [0.15, 0.2) is 0 Å². The van der Waals surface area contributed by atoms with Crippen LogP contribution in [0.4, 0.5) is 13.2 Å². The predicted octanol–water partition coefficient (Wildman–Crippen LogP) is 3.28. The normalized spacial score (nSPS) is 15.7. The smallest absolute Gasteiger partial charge is 0.406 e. The minimum Gasteiger partial charge on any atom is -0.491 e. The molecule has 0 saturated carbocycles. The summed E-state index contributed by atoms with van der Waals surface area (Å²) in [6.45, 7) is 2.84. The molecule has 3 nitrogen and oxygen atoms in total. The van der Waals surface area contributed by atoms with Crippen molar-refractivity contribution < 1.29 is 22.7 Å². The van der Waals surface area contributed by atoms with E-state index in [0.717, 1.165) is 16.9 Å². The Morgan fingerprint density at radius 2 is 2.05 bits per heavy atom. The summed E-state index contributed by atoms with van der Waals surface area (Å²) in [4.78, 5) is 13.1. The van der Waals surface area contributed by atoms with E-state index < -0.39 is 18.6 Å². The number of rotatable bonds is 3. The highest BCUT2D eigenvalue weighted by atomic mass is 19.4. The molecule has 116 valence electrons. The number of benzene rings is 1. The molecule has 0 unspecified atom stereocenters. The number of hydrogen-bond acceptors (Lipinski definition) is 2. The van der Waals surface area contributed by atoms with Crippen molar-refractivity contribution in [3.63, 3.8) is 0 Å². The van der Waals surface area contributed by atoms with Crippen LogP contribution >= 0.6 is 0 Å². The molecule has 6 heteroatoms. The summed E-state index contributed by atoms with van der Waals surface area (Å²) in [6.07, 6.45) is -3.64. The Balaban J connectivity index is 2.29. The maximum Gasteiger partial charge on any atom is 0.406 e. The lowest BCUT2D eigenvalue weighted by molar-refractivity contribution is -0.140. The van der Waals surface area contributed by atoms with Gasteiger partial charge in [-0.2, -0.15) is 13.2 Å². The topological polar surface area (TPSA) is 29.5 Å². The second-order valence-corrected chi connectivity index (χ2v) is 5.62. The average molecular weight is 301 g/mol. The summed E-state index contributed by atoms with van der Waals surface area (Å²) < 4.78 is 43.0. The highest BCUT2D eigenvalue weighted by Crippen LogP contribution is 2.27. The Labute approximate surface area is 121 Å². The Bertz CT molecular complexity index is 526. The molecule has 1 aliphatic rings. The summed E-state index contributed by atoms with van der Waals surface area (Å²) >= 11 is 0. The summed E-state index contributed by atoms with van der Waals surface area (Å²) in [5.74, 6) is 0.138. The second kappa shape index (κ2) is 5.95. The van der Waals surface area contributed by atoms with Crippen LogP contribution in [-0.2, 0) is 6.42 Å². The van der Waals surface area contributed by atoms with Crippen molar-refractivity contribution in [2.45, 2.75) is 26.4 Å². The second-order valence-electron chi connectivity index (χ2n) is 5.62. The van der Waals surface area contributed by atoms with Crippen molar-refractivity contribution in [2.24, 2.45) is 5.92 Å². The van der Waals surface area contributed by atoms with Gasteiger partial charge in [-0.05, 0) is 30.0 Å². The zero-order valence-electron chi connectivity index (χ0n) is 12.0. The SMILES string of the molecule is CC(C)Cc1ccc2c(c1)C(=O)N(CC(F)(F)F)CCO2. The molecule has 1 heterocycles. The third-order valence-electron chi connectivity index (χ3n) is 3.19. The molecule has 1 aromatic rings. The van der Waals surface area contributed by atoms with Gasteiger partial charge in [-0.3, -0.25) is 4.79 Å². The van der Waals surface area contributed by atoms with Gasteiger partial charge in [0.2, 0.25) is 0 Å². The zero-order chi connectivity index (χ0) is 15.6. The molecule has 0 aromatic heterocycles. The fourth-order valence-electron chi connectivity index (χ4n) is 2.37. The third kappa shape index (κ3) is 4.12. The molecule has 1 aliphatic heterocycles. The number of ether oxygens (including phenoxy) is 1. The van der Waals surface area contributed by atoms with Gasteiger partial charge >= 0.3 is 6.18 Å². The third-order valence-corrected chi connectivity index (χ3v) is 3.19. The van der Waals surface area contributed by atoms with Gasteiger partial charge in [-0.15, -0.1) is 0 Å². The van der Waals surface area contributed by atoms with Crippen LogP contribution in [0.1, 0.15) is 29.8 Å². The van der Waals surface area contributed by atoms with Gasteiger partial charge in [0.1, 0.15) is 18.9 Å². The number of carbonyl (C=O) groups excluding carboxylic acids is 1. The number of amides is 1. The lowest BCUT2D eigenvalue weighted by Crippen LogP contribution is -2.39. The van der Waals surface area contributed by atoms with Crippen LogP contribution < -0.4 is 4.74 Å². The highest BCUT2D eigenvalue weighted by Gasteiger charge is 2.35. The number of alkyl halides is 3. The lowest BCUT2D eigenvalue weighted by Gasteiger charge is -2.21. The number of halogens is 3. The van der Waals surface area contributed by atoms with Crippen LogP contribution in [0.3, 0.4) is 0 Å². The van der Waals surface area contributed by atoms with E-state index in [9.17, 15) is 18.0 Å². The van der Waals surface area contributed by atoms with Crippen molar-refractivity contribution in [3.8, 4) is 5.75 Å². The van der Waals surface area contributed by atoms with Gasteiger partial charge in [-0.1, -0.05) is 19.9 Å². The summed E-state index contributed by atoms with van der Waals surface area (Å²) in [7, 11) is 0. The first kappa shape index (κ1) is 15.7. The minimum atomic E-state index is -4.41. The maximum absolute atomic E-state index is 12.5. The van der Waals surface area contributed by atoms with E-state index in [2.05, 4.69) is 0 Å². The van der Waals surface area contributed by atoms with E-state index in [-0.39, 0.29) is 18.7 Å². The Morgan fingerprint density at radius 3 is 2.67 bits per heavy atom. The standard InChI is InChI=1S/C15H18F3NO2/c1-10(2)7-11-3-4-13-12(8-11)14(20)19(5-6-21-13)9-15(16,17)18/h3-4,8,10H,5-7,9H2,1-2H3. The minimum absolute atomic E-state index is 0.0630. The maximum atomic E-state index is 12.5. The number of fused-ring (bicyclic) bond motifs is 1. The molecule has 2 rings (SSSR count). The van der Waals surface area contributed by atoms with Crippen molar-refractivity contribution >= 4 is 5.91 Å². The van der Waals surface area contributed by atoms with Crippen LogP contribution in [0.25, 0.3) is 0 Å². The molecule has 0 bridgehead atoms. The number of hydrogen-bond donors (Lipinski definition) is 0. The van der Waals surface area contributed by atoms with Gasteiger partial charge in [0, 0.05) is 0 Å². The van der Waals surface area contributed by atoms with Gasteiger partial charge in [0.05, 0.1) is 12.1 Å². The predicted molar refractivity (Wildman–Crippen MR) is 72.4 cm³/mol. The summed E-state index contributed by atoms with van der Waals surface area (Å²) in [5.41, 5.74) is 1.14. The molecule has 0 spiro atoms. The molecule has 0 atom stereocenters. The fraction of sp³-hybridized carbons (Fsp3) is 0.533. The van der Waals surface area contributed by atoms with Gasteiger partial charge < -0.3 is 9.64 Å². The van der Waals surface area contributed by atoms with E-state index in [0.29, 0.717) is 11.7 Å². The van der Waals surface area contributed by atoms with Crippen molar-refractivity contribution in [1.82, 2.24) is 4.90 Å². The number of carbonyl (C=O) groups is 1. The largest absolute Gasteiger partial charge is 0.491 e. The Kier molecular flexibility index (Phi) is 4.44. The first-order chi connectivity index (χ1) is 9.76. The monoisotopic (exact) mass is 301 g/mol. The first-order valence-electron chi connectivity index (χ1n) is 6.88. The summed E-state index contributed by atoms with van der Waals surface area (Å²) in [5, 5.41) is 0. The van der Waals surface area contributed by atoms with Crippen molar-refractivity contribution in [1.29, 1.82) is 0 Å². The van der Waals surface area contributed by atoms with E-state index in [1.165, 1.54) is 0 Å². The van der Waals surface area contributed by atoms with E-state index in [1.807, 2.05) is 19.9 Å². The van der Waals surface area contributed by atoms with E-state index >= 15 is 0 Å². The van der Waals surface area contributed by atoms with Crippen molar-refractivity contribution in [2.75, 3.05) is 19.7 Å². The molecule has 0 saturated heterocycles. The lowest BCUT2D eigenvalue weighted by atomic mass is 10.00. The zero-order valence-corrected chi connectivity index (χ0v) is 12.0. The first-order valence-corrected chi connectivity index (χ1v) is 6.88. The van der Waals surface area contributed by atoms with Crippen LogP contribution in [-0.4, -0.2) is 36.7 Å². The van der Waals surface area contributed by atoms with Crippen LogP contribution in [0.15, 0.2) is 18.2 Å². The van der Waals surface area contributed by atoms with Crippen LogP contribution in [0, 0.1) is 5.92 Å². The van der Waals surface area contributed by atoms with Crippen LogP contribution in [0.2, 0.25) is 0 Å². The molecular weight excluding hydrogens is 283 g/mol. The fourth-order valence-corrected chi connectivity index (χ4v) is 2.37. The molecular formula is C15H18F3NO2. The molecule has 21 heavy (non-hydrogen) atoms. The quantitative estimate of drug-likeness (QED) is 0.857. The van der Waals surface area contributed by atoms with Gasteiger partial charge in [0.25, 0.3) is 5.91 Å². The molecule has 0 N–H and O–H groups in total. The molecule has 0 radical (unpaired) electrons. The Morgan fingerprint density at radius 1 is 1.33 bits per heavy atom. The van der Waals surface area contributed by atoms with Gasteiger partial charge in [-0.25, -0.2) is 0 Å². The summed E-state index contributed by atoms with van der Waals surface area (Å²) in [6, 6.07) is 5.17. The van der Waals surface area contributed by atoms with Crippen LogP contribution in [0.5, 0.6) is 5.75 Å². The molecule has 1 aromatic carbocycles. The Hall–Kier alpha value is -1.72. The molecule has 0 fully saturated rings. The van der Waals surface area contributed by atoms with E-state index in [4.69, 9.17) is 4.74 Å². The van der Waals surface area contributed by atoms with Crippen molar-refractivity contribution in [3.05, 3.63) is 29.3 Å². The number of nitrogens with zero attached hydrogens (tertiary/aromatic N) is 1.